The lowest BCUT2D eigenvalue weighted by Gasteiger charge is -2.22. The summed E-state index contributed by atoms with van der Waals surface area (Å²) in [7, 11) is 0. The third kappa shape index (κ3) is 6.10. The standard InChI is InChI=1S/C20H25Cl2NO2/c1-5-24-18-8-6-7-14(12-23-20(2,3)4)19(18)25-13-15-9-10-16(21)11-17(15)22/h6-11,23H,5,12-13H2,1-4H3. The van der Waals surface area contributed by atoms with Gasteiger partial charge < -0.3 is 14.8 Å². The summed E-state index contributed by atoms with van der Waals surface area (Å²) in [5.41, 5.74) is 1.94. The lowest BCUT2D eigenvalue weighted by Crippen LogP contribution is -2.35. The Morgan fingerprint density at radius 2 is 1.76 bits per heavy atom. The second-order valence-corrected chi connectivity index (χ2v) is 7.65. The second-order valence-electron chi connectivity index (χ2n) is 6.81. The molecule has 0 radical (unpaired) electrons. The van der Waals surface area contributed by atoms with E-state index in [0.717, 1.165) is 22.6 Å². The fraction of sp³-hybridized carbons (Fsp3) is 0.400. The summed E-state index contributed by atoms with van der Waals surface area (Å²) in [5.74, 6) is 1.48. The van der Waals surface area contributed by atoms with Gasteiger partial charge in [0.15, 0.2) is 11.5 Å². The maximum absolute atomic E-state index is 6.25. The van der Waals surface area contributed by atoms with Crippen molar-refractivity contribution < 1.29 is 9.47 Å². The largest absolute Gasteiger partial charge is 0.490 e. The number of para-hydroxylation sites is 1. The average Bonchev–Trinajstić information content (AvgIpc) is 2.53. The number of nitrogens with one attached hydrogen (secondary N) is 1. The third-order valence-corrected chi connectivity index (χ3v) is 4.14. The molecule has 0 aromatic heterocycles. The van der Waals surface area contributed by atoms with E-state index < -0.39 is 0 Å². The Hall–Kier alpha value is -1.42. The number of hydrogen-bond donors (Lipinski definition) is 1. The molecule has 0 aliphatic rings. The lowest BCUT2D eigenvalue weighted by atomic mass is 10.1. The van der Waals surface area contributed by atoms with Crippen molar-refractivity contribution in [3.05, 3.63) is 57.6 Å². The van der Waals surface area contributed by atoms with E-state index in [0.29, 0.717) is 29.8 Å². The number of rotatable bonds is 7. The lowest BCUT2D eigenvalue weighted by molar-refractivity contribution is 0.265. The van der Waals surface area contributed by atoms with Gasteiger partial charge in [0.05, 0.1) is 6.61 Å². The predicted molar refractivity (Wildman–Crippen MR) is 105 cm³/mol. The molecular formula is C20H25Cl2NO2. The average molecular weight is 382 g/mol. The van der Waals surface area contributed by atoms with Crippen molar-refractivity contribution in [3.63, 3.8) is 0 Å². The van der Waals surface area contributed by atoms with Crippen molar-refractivity contribution in [3.8, 4) is 11.5 Å². The van der Waals surface area contributed by atoms with Crippen LogP contribution < -0.4 is 14.8 Å². The van der Waals surface area contributed by atoms with Crippen molar-refractivity contribution in [2.45, 2.75) is 46.4 Å². The molecule has 0 unspecified atom stereocenters. The van der Waals surface area contributed by atoms with Crippen LogP contribution in [0.2, 0.25) is 10.0 Å². The molecular weight excluding hydrogens is 357 g/mol. The zero-order chi connectivity index (χ0) is 18.4. The third-order valence-electron chi connectivity index (χ3n) is 3.56. The molecule has 0 atom stereocenters. The molecule has 2 aromatic rings. The van der Waals surface area contributed by atoms with Gasteiger partial charge >= 0.3 is 0 Å². The molecule has 0 bridgehead atoms. The molecule has 2 rings (SSSR count). The Balaban J connectivity index is 2.23. The maximum Gasteiger partial charge on any atom is 0.166 e. The van der Waals surface area contributed by atoms with Crippen LogP contribution in [-0.4, -0.2) is 12.1 Å². The van der Waals surface area contributed by atoms with Gasteiger partial charge in [0.2, 0.25) is 0 Å². The Bertz CT molecular complexity index is 711. The number of halogens is 2. The smallest absolute Gasteiger partial charge is 0.166 e. The highest BCUT2D eigenvalue weighted by molar-refractivity contribution is 6.35. The highest BCUT2D eigenvalue weighted by atomic mass is 35.5. The topological polar surface area (TPSA) is 30.5 Å². The van der Waals surface area contributed by atoms with Crippen molar-refractivity contribution in [2.24, 2.45) is 0 Å². The van der Waals surface area contributed by atoms with Gasteiger partial charge in [-0.05, 0) is 45.9 Å². The first-order valence-corrected chi connectivity index (χ1v) is 9.12. The minimum Gasteiger partial charge on any atom is -0.490 e. The monoisotopic (exact) mass is 381 g/mol. The summed E-state index contributed by atoms with van der Waals surface area (Å²) in [6.45, 7) is 9.97. The van der Waals surface area contributed by atoms with Crippen LogP contribution in [0.1, 0.15) is 38.8 Å². The number of hydrogen-bond acceptors (Lipinski definition) is 3. The molecule has 2 aromatic carbocycles. The Morgan fingerprint density at radius 1 is 1.00 bits per heavy atom. The zero-order valence-electron chi connectivity index (χ0n) is 15.2. The zero-order valence-corrected chi connectivity index (χ0v) is 16.7. The molecule has 5 heteroatoms. The van der Waals surface area contributed by atoms with E-state index in [1.807, 2.05) is 37.3 Å². The van der Waals surface area contributed by atoms with Crippen LogP contribution >= 0.6 is 23.2 Å². The van der Waals surface area contributed by atoms with Gasteiger partial charge in [0.25, 0.3) is 0 Å². The number of benzene rings is 2. The summed E-state index contributed by atoms with van der Waals surface area (Å²) < 4.78 is 11.8. The second kappa shape index (κ2) is 8.79. The van der Waals surface area contributed by atoms with Crippen molar-refractivity contribution in [1.29, 1.82) is 0 Å². The Kier molecular flexibility index (Phi) is 7.00. The van der Waals surface area contributed by atoms with Crippen LogP contribution in [0.5, 0.6) is 11.5 Å². The molecule has 0 amide bonds. The first kappa shape index (κ1) is 19.9. The summed E-state index contributed by atoms with van der Waals surface area (Å²) in [5, 5.41) is 4.69. The van der Waals surface area contributed by atoms with Crippen molar-refractivity contribution in [2.75, 3.05) is 6.61 Å². The molecule has 0 spiro atoms. The van der Waals surface area contributed by atoms with E-state index in [9.17, 15) is 0 Å². The molecule has 3 nitrogen and oxygen atoms in total. The number of ether oxygens (including phenoxy) is 2. The van der Waals surface area contributed by atoms with Gasteiger partial charge in [-0.3, -0.25) is 0 Å². The highest BCUT2D eigenvalue weighted by Crippen LogP contribution is 2.33. The first-order chi connectivity index (χ1) is 11.8. The fourth-order valence-corrected chi connectivity index (χ4v) is 2.75. The van der Waals surface area contributed by atoms with Crippen LogP contribution in [0, 0.1) is 0 Å². The molecule has 0 fully saturated rings. The normalized spacial score (nSPS) is 11.4. The van der Waals surface area contributed by atoms with Crippen LogP contribution in [0.25, 0.3) is 0 Å². The molecule has 25 heavy (non-hydrogen) atoms. The predicted octanol–water partition coefficient (Wildman–Crippen LogP) is 5.86. The van der Waals surface area contributed by atoms with Crippen molar-refractivity contribution >= 4 is 23.2 Å². The van der Waals surface area contributed by atoms with E-state index in [1.54, 1.807) is 6.07 Å². The van der Waals surface area contributed by atoms with Gasteiger partial charge in [-0.2, -0.15) is 0 Å². The van der Waals surface area contributed by atoms with E-state index in [1.165, 1.54) is 0 Å². The van der Waals surface area contributed by atoms with Crippen molar-refractivity contribution in [1.82, 2.24) is 5.32 Å². The molecule has 136 valence electrons. The Labute approximate surface area is 160 Å². The van der Waals surface area contributed by atoms with E-state index in [2.05, 4.69) is 26.1 Å². The molecule has 1 N–H and O–H groups in total. The highest BCUT2D eigenvalue weighted by Gasteiger charge is 2.15. The molecule has 0 aliphatic heterocycles. The van der Waals surface area contributed by atoms with E-state index in [-0.39, 0.29) is 5.54 Å². The molecule has 0 saturated heterocycles. The van der Waals surface area contributed by atoms with E-state index >= 15 is 0 Å². The van der Waals surface area contributed by atoms with Crippen LogP contribution in [0.15, 0.2) is 36.4 Å². The quantitative estimate of drug-likeness (QED) is 0.651. The van der Waals surface area contributed by atoms with Gasteiger partial charge in [-0.1, -0.05) is 41.4 Å². The minimum atomic E-state index is 0.0123. The first-order valence-electron chi connectivity index (χ1n) is 8.36. The van der Waals surface area contributed by atoms with Gasteiger partial charge in [0.1, 0.15) is 6.61 Å². The van der Waals surface area contributed by atoms with Crippen LogP contribution in [0.4, 0.5) is 0 Å². The van der Waals surface area contributed by atoms with Gasteiger partial charge in [-0.15, -0.1) is 0 Å². The maximum atomic E-state index is 6.25. The van der Waals surface area contributed by atoms with Gasteiger partial charge in [0, 0.05) is 33.3 Å². The van der Waals surface area contributed by atoms with Crippen LogP contribution in [-0.2, 0) is 13.2 Å². The molecule has 0 heterocycles. The van der Waals surface area contributed by atoms with Crippen LogP contribution in [0.3, 0.4) is 0 Å². The summed E-state index contributed by atoms with van der Waals surface area (Å²) in [4.78, 5) is 0. The van der Waals surface area contributed by atoms with E-state index in [4.69, 9.17) is 32.7 Å². The molecule has 0 saturated carbocycles. The minimum absolute atomic E-state index is 0.0123. The SMILES string of the molecule is CCOc1cccc(CNC(C)(C)C)c1OCc1ccc(Cl)cc1Cl. The summed E-state index contributed by atoms with van der Waals surface area (Å²) >= 11 is 12.2. The Morgan fingerprint density at radius 3 is 2.40 bits per heavy atom. The summed E-state index contributed by atoms with van der Waals surface area (Å²) in [6.07, 6.45) is 0. The molecule has 0 aliphatic carbocycles. The summed E-state index contributed by atoms with van der Waals surface area (Å²) in [6, 6.07) is 11.3. The fourth-order valence-electron chi connectivity index (χ4n) is 2.28. The van der Waals surface area contributed by atoms with Gasteiger partial charge in [-0.25, -0.2) is 0 Å².